The van der Waals surface area contributed by atoms with Gasteiger partial charge in [0.2, 0.25) is 0 Å². The molecule has 1 aromatic rings. The molecule has 5 rings (SSSR count). The third kappa shape index (κ3) is 1.48. The zero-order valence-corrected chi connectivity index (χ0v) is 10.6. The van der Waals surface area contributed by atoms with Crippen LogP contribution in [-0.4, -0.2) is 9.97 Å². The zero-order valence-electron chi connectivity index (χ0n) is 10.6. The van der Waals surface area contributed by atoms with Gasteiger partial charge >= 0.3 is 0 Å². The summed E-state index contributed by atoms with van der Waals surface area (Å²) >= 11 is 0. The highest BCUT2D eigenvalue weighted by Gasteiger charge is 2.53. The number of nitrogen functional groups attached to an aromatic ring is 1. The third-order valence-corrected chi connectivity index (χ3v) is 5.32. The largest absolute Gasteiger partial charge is 0.308 e. The predicted molar refractivity (Wildman–Crippen MR) is 69.7 cm³/mol. The van der Waals surface area contributed by atoms with Crippen LogP contribution < -0.4 is 11.3 Å². The molecule has 0 spiro atoms. The molecule has 4 aliphatic rings. The number of rotatable bonds is 2. The van der Waals surface area contributed by atoms with E-state index < -0.39 is 0 Å². The third-order valence-electron chi connectivity index (χ3n) is 5.32. The van der Waals surface area contributed by atoms with E-state index >= 15 is 0 Å². The van der Waals surface area contributed by atoms with Crippen molar-refractivity contribution in [2.24, 2.45) is 23.6 Å². The van der Waals surface area contributed by atoms with E-state index in [-0.39, 0.29) is 5.41 Å². The van der Waals surface area contributed by atoms with Crippen LogP contribution >= 0.6 is 0 Å². The summed E-state index contributed by atoms with van der Waals surface area (Å²) in [5.41, 5.74) is 2.91. The van der Waals surface area contributed by atoms with E-state index in [9.17, 15) is 0 Å². The van der Waals surface area contributed by atoms with E-state index in [0.717, 1.165) is 29.4 Å². The number of nitrogens with zero attached hydrogens (tertiary/aromatic N) is 2. The molecular weight excluding hydrogens is 224 g/mol. The number of nitrogens with one attached hydrogen (secondary N) is 1. The first-order chi connectivity index (χ1) is 8.77. The minimum atomic E-state index is 0.265. The van der Waals surface area contributed by atoms with Crippen LogP contribution in [0.15, 0.2) is 12.3 Å². The topological polar surface area (TPSA) is 63.8 Å². The molecule has 4 nitrogen and oxygen atoms in total. The molecule has 96 valence electrons. The van der Waals surface area contributed by atoms with Crippen LogP contribution in [0.5, 0.6) is 0 Å². The quantitative estimate of drug-likeness (QED) is 0.618. The van der Waals surface area contributed by atoms with Gasteiger partial charge in [0.05, 0.1) is 0 Å². The van der Waals surface area contributed by atoms with Gasteiger partial charge in [0.1, 0.15) is 11.6 Å². The highest BCUT2D eigenvalue weighted by Crippen LogP contribution is 2.60. The molecule has 1 heterocycles. The minimum absolute atomic E-state index is 0.265. The Hall–Kier alpha value is -1.16. The van der Waals surface area contributed by atoms with Gasteiger partial charge in [-0.2, -0.15) is 0 Å². The van der Waals surface area contributed by atoms with E-state index in [2.05, 4.69) is 15.4 Å². The summed E-state index contributed by atoms with van der Waals surface area (Å²) < 4.78 is 0. The van der Waals surface area contributed by atoms with Gasteiger partial charge in [-0.15, -0.1) is 0 Å². The zero-order chi connectivity index (χ0) is 12.2. The summed E-state index contributed by atoms with van der Waals surface area (Å²) in [5.74, 6) is 10.0. The summed E-state index contributed by atoms with van der Waals surface area (Å²) in [7, 11) is 0. The van der Waals surface area contributed by atoms with Gasteiger partial charge in [-0.3, -0.25) is 0 Å². The van der Waals surface area contributed by atoms with Crippen LogP contribution in [0.3, 0.4) is 0 Å². The van der Waals surface area contributed by atoms with Crippen molar-refractivity contribution in [2.45, 2.75) is 43.9 Å². The van der Waals surface area contributed by atoms with Crippen molar-refractivity contribution in [3.8, 4) is 0 Å². The second-order valence-electron chi connectivity index (χ2n) is 6.61. The fraction of sp³-hybridized carbons (Fsp3) is 0.714. The Labute approximate surface area is 107 Å². The number of anilines is 1. The standard InChI is InChI=1S/C14H20N4/c15-18-12-1-2-16-13(17-12)14-6-9-3-10(7-14)5-11(4-9)8-14/h1-2,9-11H,3-8,15H2,(H,16,17,18). The Balaban J connectivity index is 1.74. The van der Waals surface area contributed by atoms with E-state index in [1.165, 1.54) is 38.5 Å². The van der Waals surface area contributed by atoms with Crippen molar-refractivity contribution in [3.05, 3.63) is 18.1 Å². The Morgan fingerprint density at radius 1 is 1.11 bits per heavy atom. The molecule has 0 saturated heterocycles. The lowest BCUT2D eigenvalue weighted by Crippen LogP contribution is -2.49. The molecule has 3 N–H and O–H groups in total. The lowest BCUT2D eigenvalue weighted by molar-refractivity contribution is -0.00933. The molecule has 4 bridgehead atoms. The summed E-state index contributed by atoms with van der Waals surface area (Å²) in [5, 5.41) is 0. The number of nitrogens with two attached hydrogens (primary N) is 1. The first kappa shape index (κ1) is 10.7. The highest BCUT2D eigenvalue weighted by atomic mass is 15.3. The molecule has 0 aromatic carbocycles. The van der Waals surface area contributed by atoms with Crippen molar-refractivity contribution in [2.75, 3.05) is 5.43 Å². The molecule has 4 fully saturated rings. The SMILES string of the molecule is NNc1ccnc(C23CC4CC(CC(C4)C2)C3)n1. The Morgan fingerprint density at radius 2 is 1.72 bits per heavy atom. The van der Waals surface area contributed by atoms with E-state index in [1.807, 2.05) is 12.3 Å². The van der Waals surface area contributed by atoms with Crippen LogP contribution in [-0.2, 0) is 5.41 Å². The number of hydrazine groups is 1. The fourth-order valence-electron chi connectivity index (χ4n) is 5.08. The summed E-state index contributed by atoms with van der Waals surface area (Å²) in [6, 6.07) is 1.84. The lowest BCUT2D eigenvalue weighted by atomic mass is 9.49. The van der Waals surface area contributed by atoms with Gasteiger partial charge in [0.15, 0.2) is 0 Å². The number of aromatic nitrogens is 2. The molecule has 4 saturated carbocycles. The minimum Gasteiger partial charge on any atom is -0.308 e. The fourth-order valence-corrected chi connectivity index (χ4v) is 5.08. The smallest absolute Gasteiger partial charge is 0.143 e. The summed E-state index contributed by atoms with van der Waals surface area (Å²) in [4.78, 5) is 9.20. The second kappa shape index (κ2) is 3.67. The molecule has 0 unspecified atom stereocenters. The lowest BCUT2D eigenvalue weighted by Gasteiger charge is -2.55. The van der Waals surface area contributed by atoms with E-state index in [0.29, 0.717) is 0 Å². The van der Waals surface area contributed by atoms with Crippen molar-refractivity contribution in [3.63, 3.8) is 0 Å². The number of hydrogen-bond acceptors (Lipinski definition) is 4. The Kier molecular flexibility index (Phi) is 2.19. The van der Waals surface area contributed by atoms with Gasteiger partial charge in [0.25, 0.3) is 0 Å². The summed E-state index contributed by atoms with van der Waals surface area (Å²) in [6.45, 7) is 0. The molecule has 4 heteroatoms. The van der Waals surface area contributed by atoms with Crippen molar-refractivity contribution >= 4 is 5.82 Å². The van der Waals surface area contributed by atoms with Crippen LogP contribution in [0.4, 0.5) is 5.82 Å². The molecule has 0 atom stereocenters. The normalized spacial score (nSPS) is 41.1. The van der Waals surface area contributed by atoms with E-state index in [4.69, 9.17) is 5.84 Å². The first-order valence-corrected chi connectivity index (χ1v) is 7.07. The maximum Gasteiger partial charge on any atom is 0.143 e. The molecule has 0 aliphatic heterocycles. The maximum absolute atomic E-state index is 5.47. The van der Waals surface area contributed by atoms with Crippen LogP contribution in [0, 0.1) is 17.8 Å². The Bertz CT molecular complexity index is 435. The van der Waals surface area contributed by atoms with Gasteiger partial charge in [-0.05, 0) is 56.3 Å². The van der Waals surface area contributed by atoms with Gasteiger partial charge in [-0.1, -0.05) is 0 Å². The molecule has 0 radical (unpaired) electrons. The van der Waals surface area contributed by atoms with Crippen molar-refractivity contribution in [1.29, 1.82) is 0 Å². The van der Waals surface area contributed by atoms with Gasteiger partial charge in [-0.25, -0.2) is 15.8 Å². The number of hydrogen-bond donors (Lipinski definition) is 2. The van der Waals surface area contributed by atoms with Crippen molar-refractivity contribution in [1.82, 2.24) is 9.97 Å². The van der Waals surface area contributed by atoms with Gasteiger partial charge < -0.3 is 5.43 Å². The molecule has 1 aromatic heterocycles. The maximum atomic E-state index is 5.47. The van der Waals surface area contributed by atoms with E-state index in [1.54, 1.807) is 0 Å². The second-order valence-corrected chi connectivity index (χ2v) is 6.61. The molecular formula is C14H20N4. The van der Waals surface area contributed by atoms with Crippen molar-refractivity contribution < 1.29 is 0 Å². The first-order valence-electron chi connectivity index (χ1n) is 7.07. The monoisotopic (exact) mass is 244 g/mol. The average Bonchev–Trinajstić information content (AvgIpc) is 2.37. The highest BCUT2D eigenvalue weighted by molar-refractivity contribution is 5.33. The van der Waals surface area contributed by atoms with Crippen LogP contribution in [0.2, 0.25) is 0 Å². The summed E-state index contributed by atoms with van der Waals surface area (Å²) in [6.07, 6.45) is 10.1. The van der Waals surface area contributed by atoms with Crippen LogP contribution in [0.1, 0.15) is 44.3 Å². The van der Waals surface area contributed by atoms with Crippen LogP contribution in [0.25, 0.3) is 0 Å². The average molecular weight is 244 g/mol. The Morgan fingerprint density at radius 3 is 2.28 bits per heavy atom. The van der Waals surface area contributed by atoms with Gasteiger partial charge in [0, 0.05) is 17.7 Å². The molecule has 0 amide bonds. The molecule has 4 aliphatic carbocycles. The predicted octanol–water partition coefficient (Wildman–Crippen LogP) is 2.23. The molecule has 18 heavy (non-hydrogen) atoms.